The number of nitrogens with zero attached hydrogens (tertiary/aromatic N) is 3. The molecule has 5 nitrogen and oxygen atoms in total. The number of pyridine rings is 1. The lowest BCUT2D eigenvalue weighted by molar-refractivity contribution is -0.140. The van der Waals surface area contributed by atoms with Crippen LogP contribution in [0, 0.1) is 0 Å². The molecule has 156 valence electrons. The third kappa shape index (κ3) is 3.30. The van der Waals surface area contributed by atoms with Gasteiger partial charge in [0.1, 0.15) is 4.83 Å². The van der Waals surface area contributed by atoms with Crippen molar-refractivity contribution in [2.24, 2.45) is 0 Å². The molecular weight excluding hydrogens is 400 g/mol. The van der Waals surface area contributed by atoms with Gasteiger partial charge in [-0.05, 0) is 43.2 Å². The van der Waals surface area contributed by atoms with Crippen LogP contribution in [0.25, 0.3) is 10.2 Å². The number of hydrogen-bond donors (Lipinski definition) is 1. The van der Waals surface area contributed by atoms with E-state index in [1.807, 2.05) is 24.0 Å². The molecule has 4 heterocycles. The molecule has 0 radical (unpaired) electrons. The van der Waals surface area contributed by atoms with E-state index in [1.54, 1.807) is 11.3 Å². The van der Waals surface area contributed by atoms with Crippen LogP contribution in [0.2, 0.25) is 0 Å². The Labute approximate surface area is 181 Å². The van der Waals surface area contributed by atoms with Crippen molar-refractivity contribution in [3.63, 3.8) is 0 Å². The molecule has 3 aliphatic rings. The molecule has 1 saturated carbocycles. The molecule has 5 rings (SSSR count). The van der Waals surface area contributed by atoms with Gasteiger partial charge in [-0.3, -0.25) is 9.69 Å². The normalized spacial score (nSPS) is 28.6. The van der Waals surface area contributed by atoms with E-state index >= 15 is 0 Å². The van der Waals surface area contributed by atoms with Crippen LogP contribution in [-0.4, -0.2) is 56.6 Å². The summed E-state index contributed by atoms with van der Waals surface area (Å²) in [5.74, 6) is 0.402. The third-order valence-electron chi connectivity index (χ3n) is 6.89. The maximum atomic E-state index is 13.5. The van der Waals surface area contributed by atoms with Crippen LogP contribution >= 0.6 is 23.1 Å². The molecule has 3 unspecified atom stereocenters. The molecule has 3 atom stereocenters. The lowest BCUT2D eigenvalue weighted by atomic mass is 10.0. The number of hydrogen-bond acceptors (Lipinski definition) is 6. The molecule has 1 N–H and O–H groups in total. The van der Waals surface area contributed by atoms with Crippen LogP contribution in [0.3, 0.4) is 0 Å². The molecule has 29 heavy (non-hydrogen) atoms. The number of carbonyl (C=O) groups is 1. The van der Waals surface area contributed by atoms with Crippen LogP contribution in [0.5, 0.6) is 0 Å². The largest absolute Gasteiger partial charge is 0.314 e. The number of aromatic nitrogens is 1. The third-order valence-corrected chi connectivity index (χ3v) is 9.42. The second kappa shape index (κ2) is 7.84. The number of piperazine rings is 1. The number of amides is 1. The maximum absolute atomic E-state index is 13.5. The van der Waals surface area contributed by atoms with E-state index in [0.29, 0.717) is 5.91 Å². The average Bonchev–Trinajstić information content (AvgIpc) is 3.44. The fourth-order valence-electron chi connectivity index (χ4n) is 5.53. The molecule has 2 aliphatic heterocycles. The number of fused-ring (bicyclic) bond motifs is 1. The minimum absolute atomic E-state index is 0.129. The number of thioether (sulfide) groups is 1. The van der Waals surface area contributed by atoms with Crippen molar-refractivity contribution in [3.8, 4) is 0 Å². The van der Waals surface area contributed by atoms with Crippen LogP contribution in [0.1, 0.15) is 57.6 Å². The number of carbonyl (C=O) groups excluding carboxylic acids is 1. The van der Waals surface area contributed by atoms with E-state index in [-0.39, 0.29) is 22.3 Å². The van der Waals surface area contributed by atoms with Gasteiger partial charge in [0.2, 0.25) is 5.91 Å². The minimum atomic E-state index is -0.129. The fourth-order valence-corrected chi connectivity index (χ4v) is 8.23. The average molecular weight is 431 g/mol. The first-order chi connectivity index (χ1) is 14.1. The Morgan fingerprint density at radius 2 is 2.21 bits per heavy atom. The molecule has 1 spiro atoms. The van der Waals surface area contributed by atoms with Gasteiger partial charge < -0.3 is 10.2 Å². The summed E-state index contributed by atoms with van der Waals surface area (Å²) in [5, 5.41) is 7.50. The van der Waals surface area contributed by atoms with Gasteiger partial charge in [0, 0.05) is 37.3 Å². The molecule has 2 saturated heterocycles. The second-order valence-electron chi connectivity index (χ2n) is 8.57. The van der Waals surface area contributed by atoms with Crippen molar-refractivity contribution >= 4 is 39.2 Å². The van der Waals surface area contributed by atoms with E-state index in [9.17, 15) is 4.79 Å². The monoisotopic (exact) mass is 430 g/mol. The van der Waals surface area contributed by atoms with E-state index in [4.69, 9.17) is 0 Å². The molecule has 0 bridgehead atoms. The SMILES string of the molecule is CCC(N1CCNC(c2csc3ncccc23)C1)N1C(=O)C2(CCCC2)SC1C. The van der Waals surface area contributed by atoms with Gasteiger partial charge in [-0.2, -0.15) is 0 Å². The standard InChI is InChI=1S/C22H30N4OS2/c1-3-19(26-15(2)29-22(21(26)27)8-4-5-9-22)25-12-11-23-18(13-25)17-14-28-20-16(17)7-6-10-24-20/h6-7,10,14-15,18-19,23H,3-5,8-9,11-13H2,1-2H3. The van der Waals surface area contributed by atoms with Crippen LogP contribution in [0.15, 0.2) is 23.7 Å². The van der Waals surface area contributed by atoms with Gasteiger partial charge in [0.05, 0.1) is 16.3 Å². The molecule has 1 amide bonds. The highest BCUT2D eigenvalue weighted by atomic mass is 32.2. The highest BCUT2D eigenvalue weighted by Crippen LogP contribution is 2.51. The van der Waals surface area contributed by atoms with E-state index in [0.717, 1.165) is 43.7 Å². The Kier molecular flexibility index (Phi) is 5.35. The Morgan fingerprint density at radius 3 is 3.00 bits per heavy atom. The molecule has 2 aromatic heterocycles. The summed E-state index contributed by atoms with van der Waals surface area (Å²) >= 11 is 3.65. The van der Waals surface area contributed by atoms with Gasteiger partial charge in [0.15, 0.2) is 0 Å². The molecule has 7 heteroatoms. The smallest absolute Gasteiger partial charge is 0.241 e. The summed E-state index contributed by atoms with van der Waals surface area (Å²) in [6.07, 6.45) is 7.56. The lowest BCUT2D eigenvalue weighted by Gasteiger charge is -2.43. The van der Waals surface area contributed by atoms with Gasteiger partial charge in [-0.15, -0.1) is 23.1 Å². The molecule has 1 aliphatic carbocycles. The van der Waals surface area contributed by atoms with Gasteiger partial charge >= 0.3 is 0 Å². The highest BCUT2D eigenvalue weighted by Gasteiger charge is 2.54. The van der Waals surface area contributed by atoms with E-state index < -0.39 is 0 Å². The quantitative estimate of drug-likeness (QED) is 0.787. The van der Waals surface area contributed by atoms with Gasteiger partial charge in [0.25, 0.3) is 0 Å². The zero-order valence-electron chi connectivity index (χ0n) is 17.3. The first kappa shape index (κ1) is 19.8. The Bertz CT molecular complexity index is 894. The Morgan fingerprint density at radius 1 is 1.38 bits per heavy atom. The molecule has 2 aromatic rings. The second-order valence-corrected chi connectivity index (χ2v) is 11.1. The van der Waals surface area contributed by atoms with Crippen LogP contribution in [-0.2, 0) is 4.79 Å². The summed E-state index contributed by atoms with van der Waals surface area (Å²) in [6, 6.07) is 4.49. The summed E-state index contributed by atoms with van der Waals surface area (Å²) in [5.41, 5.74) is 1.35. The summed E-state index contributed by atoms with van der Waals surface area (Å²) in [4.78, 5) is 23.9. The van der Waals surface area contributed by atoms with Gasteiger partial charge in [-0.25, -0.2) is 4.98 Å². The minimum Gasteiger partial charge on any atom is -0.314 e. The molecule has 0 aromatic carbocycles. The van der Waals surface area contributed by atoms with Crippen molar-refractivity contribution < 1.29 is 4.79 Å². The van der Waals surface area contributed by atoms with Crippen molar-refractivity contribution in [1.82, 2.24) is 20.1 Å². The summed E-state index contributed by atoms with van der Waals surface area (Å²) in [6.45, 7) is 7.34. The van der Waals surface area contributed by atoms with E-state index in [2.05, 4.69) is 45.4 Å². The highest BCUT2D eigenvalue weighted by molar-refractivity contribution is 8.02. The summed E-state index contributed by atoms with van der Waals surface area (Å²) < 4.78 is -0.129. The zero-order valence-corrected chi connectivity index (χ0v) is 18.9. The van der Waals surface area contributed by atoms with Crippen LogP contribution in [0.4, 0.5) is 0 Å². The molecular formula is C22H30N4OS2. The fraction of sp³-hybridized carbons (Fsp3) is 0.636. The molecule has 3 fully saturated rings. The van der Waals surface area contributed by atoms with Crippen molar-refractivity contribution in [3.05, 3.63) is 29.3 Å². The lowest BCUT2D eigenvalue weighted by Crippen LogP contribution is -2.58. The number of rotatable bonds is 4. The predicted molar refractivity (Wildman–Crippen MR) is 121 cm³/mol. The topological polar surface area (TPSA) is 48.5 Å². The maximum Gasteiger partial charge on any atom is 0.241 e. The van der Waals surface area contributed by atoms with Crippen molar-refractivity contribution in [2.45, 2.75) is 68.3 Å². The first-order valence-corrected chi connectivity index (χ1v) is 12.7. The predicted octanol–water partition coefficient (Wildman–Crippen LogP) is 4.21. The zero-order chi connectivity index (χ0) is 20.0. The van der Waals surface area contributed by atoms with Gasteiger partial charge in [-0.1, -0.05) is 25.8 Å². The van der Waals surface area contributed by atoms with Crippen LogP contribution < -0.4 is 5.32 Å². The van der Waals surface area contributed by atoms with Crippen molar-refractivity contribution in [2.75, 3.05) is 19.6 Å². The first-order valence-electron chi connectivity index (χ1n) is 10.9. The Balaban J connectivity index is 1.38. The number of nitrogens with one attached hydrogen (secondary N) is 1. The number of thiophene rings is 1. The van der Waals surface area contributed by atoms with Crippen molar-refractivity contribution in [1.29, 1.82) is 0 Å². The summed E-state index contributed by atoms with van der Waals surface area (Å²) in [7, 11) is 0. The Hall–Kier alpha value is -1.15. The van der Waals surface area contributed by atoms with E-state index in [1.165, 1.54) is 23.8 Å².